The standard InChI is InChI=1S/C12H15BrF3NO/c1-11(8-18,17-7-12(14,15)16)6-9-2-4-10(13)5-3-9/h2-5,17-18H,6-8H2,1H3. The molecular formula is C12H15BrF3NO. The van der Waals surface area contributed by atoms with Gasteiger partial charge < -0.3 is 10.4 Å². The van der Waals surface area contributed by atoms with Gasteiger partial charge in [0.2, 0.25) is 0 Å². The van der Waals surface area contributed by atoms with Crippen LogP contribution >= 0.6 is 15.9 Å². The van der Waals surface area contributed by atoms with Gasteiger partial charge in [0, 0.05) is 10.0 Å². The molecule has 102 valence electrons. The molecule has 0 spiro atoms. The summed E-state index contributed by atoms with van der Waals surface area (Å²) in [5.41, 5.74) is -0.118. The van der Waals surface area contributed by atoms with E-state index < -0.39 is 18.3 Å². The number of hydrogen-bond donors (Lipinski definition) is 2. The lowest BCUT2D eigenvalue weighted by Gasteiger charge is -2.29. The highest BCUT2D eigenvalue weighted by Gasteiger charge is 2.32. The topological polar surface area (TPSA) is 32.3 Å². The Bertz CT molecular complexity index is 380. The molecule has 1 atom stereocenters. The zero-order valence-electron chi connectivity index (χ0n) is 9.89. The minimum Gasteiger partial charge on any atom is -0.394 e. The Labute approximate surface area is 112 Å². The maximum absolute atomic E-state index is 12.2. The third-order valence-corrected chi connectivity index (χ3v) is 3.10. The van der Waals surface area contributed by atoms with Gasteiger partial charge in [-0.2, -0.15) is 13.2 Å². The van der Waals surface area contributed by atoms with E-state index in [9.17, 15) is 18.3 Å². The third-order valence-electron chi connectivity index (χ3n) is 2.57. The Balaban J connectivity index is 2.67. The summed E-state index contributed by atoms with van der Waals surface area (Å²) in [6.45, 7) is 0.0977. The second-order valence-corrected chi connectivity index (χ2v) is 5.41. The van der Waals surface area contributed by atoms with Gasteiger partial charge in [-0.3, -0.25) is 0 Å². The summed E-state index contributed by atoms with van der Waals surface area (Å²) in [5.74, 6) is 0. The quantitative estimate of drug-likeness (QED) is 0.872. The zero-order valence-corrected chi connectivity index (χ0v) is 11.5. The number of alkyl halides is 3. The lowest BCUT2D eigenvalue weighted by molar-refractivity contribution is -0.129. The molecule has 0 bridgehead atoms. The molecule has 0 aliphatic carbocycles. The molecule has 1 aromatic carbocycles. The Kier molecular flexibility index (Phi) is 5.19. The van der Waals surface area contributed by atoms with Crippen LogP contribution < -0.4 is 5.32 Å². The minimum absolute atomic E-state index is 0.326. The fourth-order valence-corrected chi connectivity index (χ4v) is 1.81. The molecule has 0 aromatic heterocycles. The Morgan fingerprint density at radius 3 is 2.22 bits per heavy atom. The first kappa shape index (κ1) is 15.5. The lowest BCUT2D eigenvalue weighted by atomic mass is 9.93. The highest BCUT2D eigenvalue weighted by molar-refractivity contribution is 9.10. The molecule has 0 aliphatic heterocycles. The molecule has 0 fully saturated rings. The zero-order chi connectivity index (χ0) is 13.8. The molecule has 0 saturated carbocycles. The van der Waals surface area contributed by atoms with Crippen LogP contribution in [0.1, 0.15) is 12.5 Å². The van der Waals surface area contributed by atoms with Crippen molar-refractivity contribution in [3.63, 3.8) is 0 Å². The molecular weight excluding hydrogens is 311 g/mol. The van der Waals surface area contributed by atoms with E-state index in [1.165, 1.54) is 0 Å². The van der Waals surface area contributed by atoms with Crippen LogP contribution in [-0.4, -0.2) is 30.0 Å². The van der Waals surface area contributed by atoms with Gasteiger partial charge in [0.15, 0.2) is 0 Å². The van der Waals surface area contributed by atoms with Gasteiger partial charge in [-0.15, -0.1) is 0 Å². The summed E-state index contributed by atoms with van der Waals surface area (Å²) < 4.78 is 37.4. The van der Waals surface area contributed by atoms with Crippen molar-refractivity contribution in [1.29, 1.82) is 0 Å². The maximum Gasteiger partial charge on any atom is 0.401 e. The van der Waals surface area contributed by atoms with E-state index in [4.69, 9.17) is 0 Å². The van der Waals surface area contributed by atoms with Crippen LogP contribution in [0, 0.1) is 0 Å². The molecule has 1 rings (SSSR count). The van der Waals surface area contributed by atoms with E-state index in [1.807, 2.05) is 24.3 Å². The van der Waals surface area contributed by atoms with Gasteiger partial charge >= 0.3 is 6.18 Å². The first-order chi connectivity index (χ1) is 8.24. The second kappa shape index (κ2) is 6.04. The molecule has 6 heteroatoms. The van der Waals surface area contributed by atoms with Crippen molar-refractivity contribution in [2.24, 2.45) is 0 Å². The first-order valence-corrected chi connectivity index (χ1v) is 6.20. The van der Waals surface area contributed by atoms with Crippen LogP contribution in [0.3, 0.4) is 0 Å². The number of aliphatic hydroxyl groups excluding tert-OH is 1. The average molecular weight is 326 g/mol. The molecule has 1 aromatic rings. The van der Waals surface area contributed by atoms with E-state index in [2.05, 4.69) is 21.2 Å². The van der Waals surface area contributed by atoms with Crippen LogP contribution in [0.5, 0.6) is 0 Å². The van der Waals surface area contributed by atoms with Crippen molar-refractivity contribution in [1.82, 2.24) is 5.32 Å². The predicted molar refractivity (Wildman–Crippen MR) is 67.4 cm³/mol. The van der Waals surface area contributed by atoms with Crippen LogP contribution in [0.15, 0.2) is 28.7 Å². The average Bonchev–Trinajstić information content (AvgIpc) is 2.29. The third kappa shape index (κ3) is 5.37. The van der Waals surface area contributed by atoms with Gasteiger partial charge in [-0.05, 0) is 31.0 Å². The van der Waals surface area contributed by atoms with Gasteiger partial charge in [0.1, 0.15) is 0 Å². The van der Waals surface area contributed by atoms with E-state index in [0.717, 1.165) is 10.0 Å². The molecule has 0 saturated heterocycles. The molecule has 0 amide bonds. The number of hydrogen-bond acceptors (Lipinski definition) is 2. The molecule has 0 heterocycles. The maximum atomic E-state index is 12.2. The van der Waals surface area contributed by atoms with Crippen molar-refractivity contribution in [3.05, 3.63) is 34.3 Å². The summed E-state index contributed by atoms with van der Waals surface area (Å²) in [6.07, 6.45) is -3.96. The first-order valence-electron chi connectivity index (χ1n) is 5.41. The monoisotopic (exact) mass is 325 g/mol. The molecule has 18 heavy (non-hydrogen) atoms. The van der Waals surface area contributed by atoms with E-state index in [-0.39, 0.29) is 6.61 Å². The second-order valence-electron chi connectivity index (χ2n) is 4.49. The Hall–Kier alpha value is -0.590. The number of rotatable bonds is 5. The fraction of sp³-hybridized carbons (Fsp3) is 0.500. The number of aliphatic hydroxyl groups is 1. The van der Waals surface area contributed by atoms with Gasteiger partial charge in [0.05, 0.1) is 13.2 Å². The largest absolute Gasteiger partial charge is 0.401 e. The number of halogens is 4. The van der Waals surface area contributed by atoms with E-state index in [1.54, 1.807) is 6.92 Å². The minimum atomic E-state index is -4.28. The molecule has 0 radical (unpaired) electrons. The van der Waals surface area contributed by atoms with E-state index >= 15 is 0 Å². The van der Waals surface area contributed by atoms with Crippen molar-refractivity contribution in [2.45, 2.75) is 25.1 Å². The van der Waals surface area contributed by atoms with Gasteiger partial charge in [0.25, 0.3) is 0 Å². The van der Waals surface area contributed by atoms with Crippen LogP contribution in [0.25, 0.3) is 0 Å². The number of benzene rings is 1. The van der Waals surface area contributed by atoms with Gasteiger partial charge in [-0.1, -0.05) is 28.1 Å². The molecule has 1 unspecified atom stereocenters. The van der Waals surface area contributed by atoms with Crippen LogP contribution in [0.2, 0.25) is 0 Å². The van der Waals surface area contributed by atoms with Crippen molar-refractivity contribution < 1.29 is 18.3 Å². The SMILES string of the molecule is CC(CO)(Cc1ccc(Br)cc1)NCC(F)(F)F. The van der Waals surface area contributed by atoms with Crippen LogP contribution in [0.4, 0.5) is 13.2 Å². The predicted octanol–water partition coefficient (Wildman–Crippen LogP) is 2.89. The summed E-state index contributed by atoms with van der Waals surface area (Å²) in [5, 5.41) is 11.6. The summed E-state index contributed by atoms with van der Waals surface area (Å²) in [6, 6.07) is 7.26. The van der Waals surface area contributed by atoms with Gasteiger partial charge in [-0.25, -0.2) is 0 Å². The fourth-order valence-electron chi connectivity index (χ4n) is 1.54. The van der Waals surface area contributed by atoms with E-state index in [0.29, 0.717) is 6.42 Å². The van der Waals surface area contributed by atoms with Crippen molar-refractivity contribution >= 4 is 15.9 Å². The smallest absolute Gasteiger partial charge is 0.394 e. The highest BCUT2D eigenvalue weighted by Crippen LogP contribution is 2.19. The van der Waals surface area contributed by atoms with Crippen molar-refractivity contribution in [3.8, 4) is 0 Å². The summed E-state index contributed by atoms with van der Waals surface area (Å²) in [7, 11) is 0. The molecule has 2 nitrogen and oxygen atoms in total. The number of nitrogens with one attached hydrogen (secondary N) is 1. The molecule has 0 aliphatic rings. The Morgan fingerprint density at radius 1 is 1.22 bits per heavy atom. The Morgan fingerprint density at radius 2 is 1.78 bits per heavy atom. The van der Waals surface area contributed by atoms with Crippen molar-refractivity contribution in [2.75, 3.05) is 13.2 Å². The molecule has 2 N–H and O–H groups in total. The lowest BCUT2D eigenvalue weighted by Crippen LogP contribution is -2.51. The summed E-state index contributed by atoms with van der Waals surface area (Å²) >= 11 is 3.29. The normalized spacial score (nSPS) is 15.4. The van der Waals surface area contributed by atoms with Crippen LogP contribution in [-0.2, 0) is 6.42 Å². The summed E-state index contributed by atoms with van der Waals surface area (Å²) in [4.78, 5) is 0. The highest BCUT2D eigenvalue weighted by atomic mass is 79.9.